The molecular formula is C18H25N3O4S. The van der Waals surface area contributed by atoms with E-state index in [1.54, 1.807) is 17.1 Å². The molecule has 2 aliphatic rings. The Morgan fingerprint density at radius 3 is 2.62 bits per heavy atom. The summed E-state index contributed by atoms with van der Waals surface area (Å²) in [5, 5.41) is 5.57. The zero-order valence-electron chi connectivity index (χ0n) is 15.4. The number of amides is 1. The quantitative estimate of drug-likeness (QED) is 0.797. The van der Waals surface area contributed by atoms with Crippen molar-refractivity contribution < 1.29 is 17.9 Å². The third kappa shape index (κ3) is 3.61. The van der Waals surface area contributed by atoms with Gasteiger partial charge in [0.05, 0.1) is 23.8 Å². The van der Waals surface area contributed by atoms with Crippen molar-refractivity contribution in [3.63, 3.8) is 0 Å². The molecule has 142 valence electrons. The van der Waals surface area contributed by atoms with E-state index in [1.165, 1.54) is 4.90 Å². The van der Waals surface area contributed by atoms with Crippen molar-refractivity contribution in [3.05, 3.63) is 23.8 Å². The Kier molecular flexibility index (Phi) is 5.34. The Morgan fingerprint density at radius 2 is 1.96 bits per heavy atom. The maximum atomic E-state index is 13.0. The Morgan fingerprint density at radius 1 is 1.27 bits per heavy atom. The number of ether oxygens (including phenoxy) is 1. The first-order valence-corrected chi connectivity index (χ1v) is 10.4. The normalized spacial score (nSPS) is 19.3. The maximum Gasteiger partial charge on any atom is 0.286 e. The van der Waals surface area contributed by atoms with E-state index in [9.17, 15) is 13.2 Å². The lowest BCUT2D eigenvalue weighted by molar-refractivity contribution is -0.127. The van der Waals surface area contributed by atoms with Gasteiger partial charge in [0.25, 0.3) is 5.91 Å². The third-order valence-corrected chi connectivity index (χ3v) is 6.24. The Balaban J connectivity index is 2.02. The predicted octanol–water partition coefficient (Wildman–Crippen LogP) is 1.81. The Labute approximate surface area is 154 Å². The van der Waals surface area contributed by atoms with Crippen LogP contribution in [0.15, 0.2) is 28.2 Å². The van der Waals surface area contributed by atoms with Gasteiger partial charge in [-0.25, -0.2) is 8.42 Å². The van der Waals surface area contributed by atoms with Crippen LogP contribution in [0.4, 0.5) is 5.69 Å². The van der Waals surface area contributed by atoms with Crippen molar-refractivity contribution in [3.8, 4) is 0 Å². The summed E-state index contributed by atoms with van der Waals surface area (Å²) in [7, 11) is -3.94. The first-order chi connectivity index (χ1) is 12.3. The summed E-state index contributed by atoms with van der Waals surface area (Å²) in [5.41, 5.74) is 1.50. The molecule has 2 aliphatic heterocycles. The van der Waals surface area contributed by atoms with Crippen LogP contribution in [0, 0.1) is 12.8 Å². The van der Waals surface area contributed by atoms with Crippen LogP contribution in [0.3, 0.4) is 0 Å². The molecule has 0 aromatic heterocycles. The summed E-state index contributed by atoms with van der Waals surface area (Å²) in [5.74, 6) is -0.107. The largest absolute Gasteiger partial charge is 0.378 e. The highest BCUT2D eigenvalue weighted by Gasteiger charge is 2.39. The van der Waals surface area contributed by atoms with Gasteiger partial charge in [-0.05, 0) is 37.0 Å². The maximum absolute atomic E-state index is 13.0. The van der Waals surface area contributed by atoms with Crippen LogP contribution in [0.1, 0.15) is 25.8 Å². The van der Waals surface area contributed by atoms with Gasteiger partial charge >= 0.3 is 0 Å². The van der Waals surface area contributed by atoms with Gasteiger partial charge in [0.1, 0.15) is 0 Å². The number of fused-ring (bicyclic) bond motifs is 1. The van der Waals surface area contributed by atoms with E-state index in [-0.39, 0.29) is 9.94 Å². The summed E-state index contributed by atoms with van der Waals surface area (Å²) in [6.07, 6.45) is 0.843. The minimum Gasteiger partial charge on any atom is -0.378 e. The first-order valence-electron chi connectivity index (χ1n) is 8.89. The molecular weight excluding hydrogens is 354 g/mol. The molecule has 0 atom stereocenters. The molecule has 1 saturated heterocycles. The van der Waals surface area contributed by atoms with E-state index in [0.717, 1.165) is 12.0 Å². The van der Waals surface area contributed by atoms with Gasteiger partial charge < -0.3 is 9.64 Å². The number of anilines is 1. The molecule has 7 nitrogen and oxygen atoms in total. The molecule has 2 heterocycles. The van der Waals surface area contributed by atoms with Gasteiger partial charge in [-0.2, -0.15) is 5.10 Å². The van der Waals surface area contributed by atoms with E-state index in [1.807, 2.05) is 13.0 Å². The number of morpholine rings is 1. The highest BCUT2D eigenvalue weighted by molar-refractivity contribution is 8.08. The van der Waals surface area contributed by atoms with Crippen LogP contribution >= 0.6 is 0 Å². The smallest absolute Gasteiger partial charge is 0.286 e. The lowest BCUT2D eigenvalue weighted by atomic mass is 10.1. The van der Waals surface area contributed by atoms with Crippen LogP contribution in [0.25, 0.3) is 0 Å². The van der Waals surface area contributed by atoms with E-state index in [4.69, 9.17) is 4.74 Å². The fourth-order valence-corrected chi connectivity index (χ4v) is 4.45. The number of carbonyl (C=O) groups is 1. The Hall–Kier alpha value is -1.93. The summed E-state index contributed by atoms with van der Waals surface area (Å²) in [4.78, 5) is 14.5. The van der Waals surface area contributed by atoms with Crippen LogP contribution < -0.4 is 5.01 Å². The van der Waals surface area contributed by atoms with E-state index >= 15 is 0 Å². The average molecular weight is 379 g/mol. The second-order valence-electron chi connectivity index (χ2n) is 7.09. The molecule has 0 aliphatic carbocycles. The van der Waals surface area contributed by atoms with Gasteiger partial charge in [0.15, 0.2) is 0 Å². The van der Waals surface area contributed by atoms with Crippen LogP contribution in [-0.4, -0.2) is 57.1 Å². The van der Waals surface area contributed by atoms with Crippen molar-refractivity contribution >= 4 is 26.5 Å². The first kappa shape index (κ1) is 18.8. The van der Waals surface area contributed by atoms with Crippen molar-refractivity contribution in [1.82, 2.24) is 4.90 Å². The number of hydrogen-bond acceptors (Lipinski definition) is 6. The summed E-state index contributed by atoms with van der Waals surface area (Å²) in [6, 6.07) is 5.13. The van der Waals surface area contributed by atoms with E-state index in [2.05, 4.69) is 18.9 Å². The number of hydrogen-bond donors (Lipinski definition) is 0. The molecule has 0 unspecified atom stereocenters. The van der Waals surface area contributed by atoms with E-state index in [0.29, 0.717) is 44.5 Å². The summed E-state index contributed by atoms with van der Waals surface area (Å²) in [6.45, 7) is 8.23. The SMILES string of the molecule is Cc1ccc2c(c1)N(CCC(C)C)N=C(C(=O)N1CCOCC1)S2(=O)=O. The minimum absolute atomic E-state index is 0.151. The zero-order valence-corrected chi connectivity index (χ0v) is 16.3. The lowest BCUT2D eigenvalue weighted by Crippen LogP contribution is -2.48. The summed E-state index contributed by atoms with van der Waals surface area (Å²) < 4.78 is 31.3. The number of aryl methyl sites for hydroxylation is 1. The van der Waals surface area contributed by atoms with Gasteiger partial charge in [-0.1, -0.05) is 19.9 Å². The molecule has 1 aromatic carbocycles. The van der Waals surface area contributed by atoms with Crippen LogP contribution in [0.5, 0.6) is 0 Å². The predicted molar refractivity (Wildman–Crippen MR) is 100.0 cm³/mol. The van der Waals surface area contributed by atoms with Crippen molar-refractivity contribution in [2.75, 3.05) is 37.9 Å². The van der Waals surface area contributed by atoms with Crippen molar-refractivity contribution in [1.29, 1.82) is 0 Å². The number of benzene rings is 1. The topological polar surface area (TPSA) is 79.3 Å². The third-order valence-electron chi connectivity index (χ3n) is 4.55. The molecule has 0 N–H and O–H groups in total. The molecule has 0 saturated carbocycles. The molecule has 1 fully saturated rings. The van der Waals surface area contributed by atoms with Gasteiger partial charge in [0.2, 0.25) is 14.9 Å². The highest BCUT2D eigenvalue weighted by Crippen LogP contribution is 2.33. The Bertz CT molecular complexity index is 827. The van der Waals surface area contributed by atoms with Crippen LogP contribution in [0.2, 0.25) is 0 Å². The minimum atomic E-state index is -3.94. The van der Waals surface area contributed by atoms with Crippen LogP contribution in [-0.2, 0) is 19.4 Å². The number of sulfone groups is 1. The number of carbonyl (C=O) groups excluding carboxylic acids is 1. The van der Waals surface area contributed by atoms with Crippen molar-refractivity contribution in [2.45, 2.75) is 32.1 Å². The monoisotopic (exact) mass is 379 g/mol. The number of hydrazone groups is 1. The lowest BCUT2D eigenvalue weighted by Gasteiger charge is -2.31. The molecule has 8 heteroatoms. The van der Waals surface area contributed by atoms with Gasteiger partial charge in [-0.15, -0.1) is 0 Å². The number of nitrogens with zero attached hydrogens (tertiary/aromatic N) is 3. The van der Waals surface area contributed by atoms with Crippen molar-refractivity contribution in [2.24, 2.45) is 11.0 Å². The summed E-state index contributed by atoms with van der Waals surface area (Å²) >= 11 is 0. The molecule has 0 bridgehead atoms. The second-order valence-corrected chi connectivity index (χ2v) is 8.92. The molecule has 3 rings (SSSR count). The highest BCUT2D eigenvalue weighted by atomic mass is 32.2. The molecule has 0 spiro atoms. The fraction of sp³-hybridized carbons (Fsp3) is 0.556. The second kappa shape index (κ2) is 7.36. The zero-order chi connectivity index (χ0) is 18.9. The molecule has 26 heavy (non-hydrogen) atoms. The van der Waals surface area contributed by atoms with Gasteiger partial charge in [-0.3, -0.25) is 9.80 Å². The molecule has 1 aromatic rings. The average Bonchev–Trinajstić information content (AvgIpc) is 2.61. The standard InChI is InChI=1S/C18H25N3O4S/c1-13(2)6-7-21-15-12-14(3)4-5-16(15)26(23,24)17(19-21)18(22)20-8-10-25-11-9-20/h4-5,12-13H,6-11H2,1-3H3. The van der Waals surface area contributed by atoms with E-state index < -0.39 is 15.7 Å². The fourth-order valence-electron chi connectivity index (χ4n) is 2.99. The number of rotatable bonds is 4. The molecule has 0 radical (unpaired) electrons. The van der Waals surface area contributed by atoms with Gasteiger partial charge in [0, 0.05) is 19.6 Å². The molecule has 1 amide bonds.